The minimum atomic E-state index is -4.12. The maximum Gasteiger partial charge on any atom is 0.441 e. The Hall–Kier alpha value is -0.330. The van der Waals surface area contributed by atoms with Crippen molar-refractivity contribution in [3.63, 3.8) is 0 Å². The molecule has 0 aliphatic rings. The number of alkyl halides is 3. The second kappa shape index (κ2) is 7.61. The molecule has 6 heteroatoms. The molecule has 1 aromatic carbocycles. The number of nitrogens with one attached hydrogen (secondary N) is 1. The van der Waals surface area contributed by atoms with Gasteiger partial charge in [0.15, 0.2) is 0 Å². The van der Waals surface area contributed by atoms with Crippen molar-refractivity contribution in [1.29, 1.82) is 0 Å². The summed E-state index contributed by atoms with van der Waals surface area (Å²) in [5, 5.41) is 3.39. The molecule has 0 radical (unpaired) electrons. The van der Waals surface area contributed by atoms with Gasteiger partial charge in [-0.05, 0) is 38.5 Å². The Morgan fingerprint density at radius 1 is 1.00 bits per heavy atom. The highest BCUT2D eigenvalue weighted by Gasteiger charge is 2.27. The van der Waals surface area contributed by atoms with Crippen LogP contribution in [-0.4, -0.2) is 22.6 Å². The van der Waals surface area contributed by atoms with Gasteiger partial charge in [0.1, 0.15) is 0 Å². The zero-order valence-electron chi connectivity index (χ0n) is 11.9. The number of thioether (sulfide) groups is 2. The summed E-state index contributed by atoms with van der Waals surface area (Å²) in [6.45, 7) is 7.11. The fourth-order valence-corrected chi connectivity index (χ4v) is 2.85. The van der Waals surface area contributed by atoms with E-state index in [-0.39, 0.29) is 23.1 Å². The van der Waals surface area contributed by atoms with Crippen LogP contribution in [0, 0.1) is 0 Å². The van der Waals surface area contributed by atoms with E-state index in [1.165, 1.54) is 17.3 Å². The van der Waals surface area contributed by atoms with Crippen LogP contribution < -0.4 is 5.32 Å². The highest BCUT2D eigenvalue weighted by atomic mass is 32.2. The van der Waals surface area contributed by atoms with Gasteiger partial charge >= 0.3 is 5.51 Å². The fourth-order valence-electron chi connectivity index (χ4n) is 1.39. The van der Waals surface area contributed by atoms with Crippen molar-refractivity contribution >= 4 is 23.5 Å². The lowest BCUT2D eigenvalue weighted by molar-refractivity contribution is -0.0326. The minimum Gasteiger partial charge on any atom is -0.308 e. The smallest absolute Gasteiger partial charge is 0.308 e. The van der Waals surface area contributed by atoms with Crippen molar-refractivity contribution in [2.45, 2.75) is 43.3 Å². The zero-order chi connectivity index (χ0) is 15.2. The number of hydrogen-bond donors (Lipinski definition) is 1. The summed E-state index contributed by atoms with van der Waals surface area (Å²) in [7, 11) is 0. The maximum absolute atomic E-state index is 12.0. The predicted molar refractivity (Wildman–Crippen MR) is 82.3 cm³/mol. The topological polar surface area (TPSA) is 12.0 Å². The second-order valence-corrected chi connectivity index (χ2v) is 7.72. The Balaban J connectivity index is 2.32. The molecule has 0 unspecified atom stereocenters. The Morgan fingerprint density at radius 3 is 2.10 bits per heavy atom. The van der Waals surface area contributed by atoms with E-state index in [9.17, 15) is 13.2 Å². The van der Waals surface area contributed by atoms with Gasteiger partial charge in [0.05, 0.1) is 0 Å². The summed E-state index contributed by atoms with van der Waals surface area (Å²) >= 11 is 1.49. The van der Waals surface area contributed by atoms with E-state index in [0.29, 0.717) is 5.75 Å². The molecule has 0 fully saturated rings. The normalized spacial score (nSPS) is 12.7. The average Bonchev–Trinajstić information content (AvgIpc) is 2.31. The van der Waals surface area contributed by atoms with Gasteiger partial charge < -0.3 is 5.32 Å². The third-order valence-corrected chi connectivity index (χ3v) is 4.37. The monoisotopic (exact) mass is 323 g/mol. The fraction of sp³-hybridized carbons (Fsp3) is 0.571. The van der Waals surface area contributed by atoms with Gasteiger partial charge in [-0.1, -0.05) is 23.9 Å². The third kappa shape index (κ3) is 8.76. The van der Waals surface area contributed by atoms with Crippen LogP contribution in [0.4, 0.5) is 13.2 Å². The minimum absolute atomic E-state index is 0.0360. The first-order valence-corrected chi connectivity index (χ1v) is 8.30. The zero-order valence-corrected chi connectivity index (χ0v) is 13.5. The average molecular weight is 323 g/mol. The van der Waals surface area contributed by atoms with Crippen LogP contribution in [0.15, 0.2) is 29.2 Å². The molecule has 114 valence electrons. The summed E-state index contributed by atoms with van der Waals surface area (Å²) < 4.78 is 35.9. The Labute approximate surface area is 127 Å². The molecular formula is C14H20F3NS2. The second-order valence-electron chi connectivity index (χ2n) is 5.39. The lowest BCUT2D eigenvalue weighted by Gasteiger charge is -2.20. The lowest BCUT2D eigenvalue weighted by atomic mass is 10.1. The van der Waals surface area contributed by atoms with Crippen LogP contribution in [0.25, 0.3) is 0 Å². The van der Waals surface area contributed by atoms with Crippen molar-refractivity contribution < 1.29 is 13.2 Å². The Kier molecular flexibility index (Phi) is 6.75. The van der Waals surface area contributed by atoms with E-state index in [4.69, 9.17) is 0 Å². The molecule has 0 aromatic heterocycles. The first-order valence-electron chi connectivity index (χ1n) is 6.33. The highest BCUT2D eigenvalue weighted by Crippen LogP contribution is 2.31. The molecule has 20 heavy (non-hydrogen) atoms. The third-order valence-electron chi connectivity index (χ3n) is 2.36. The number of rotatable bonds is 6. The van der Waals surface area contributed by atoms with Gasteiger partial charge in [0.2, 0.25) is 0 Å². The Morgan fingerprint density at radius 2 is 1.60 bits per heavy atom. The predicted octanol–water partition coefficient (Wildman–Crippen LogP) is 4.92. The summed E-state index contributed by atoms with van der Waals surface area (Å²) in [6.07, 6.45) is 0. The molecule has 0 saturated carbocycles. The molecule has 1 rings (SSSR count). The van der Waals surface area contributed by atoms with Gasteiger partial charge in [-0.15, -0.1) is 11.8 Å². The molecule has 0 amide bonds. The van der Waals surface area contributed by atoms with Crippen LogP contribution in [0.3, 0.4) is 0 Å². The van der Waals surface area contributed by atoms with Crippen LogP contribution in [-0.2, 0) is 6.54 Å². The molecule has 0 aliphatic carbocycles. The van der Waals surface area contributed by atoms with Gasteiger partial charge in [-0.3, -0.25) is 0 Å². The molecule has 1 N–H and O–H groups in total. The first kappa shape index (κ1) is 17.7. The van der Waals surface area contributed by atoms with E-state index < -0.39 is 5.51 Å². The molecule has 0 heterocycles. The van der Waals surface area contributed by atoms with Gasteiger partial charge in [-0.25, -0.2) is 0 Å². The molecular weight excluding hydrogens is 303 g/mol. The quantitative estimate of drug-likeness (QED) is 0.589. The van der Waals surface area contributed by atoms with E-state index in [0.717, 1.165) is 11.4 Å². The van der Waals surface area contributed by atoms with E-state index >= 15 is 0 Å². The van der Waals surface area contributed by atoms with Crippen LogP contribution >= 0.6 is 23.5 Å². The van der Waals surface area contributed by atoms with Crippen LogP contribution in [0.5, 0.6) is 0 Å². The maximum atomic E-state index is 12.0. The van der Waals surface area contributed by atoms with E-state index in [2.05, 4.69) is 26.1 Å². The summed E-state index contributed by atoms with van der Waals surface area (Å²) in [4.78, 5) is 1.01. The molecule has 0 bridgehead atoms. The SMILES string of the molecule is CC(C)(C)NCc1ccc(SCCSC(F)(F)F)cc1. The molecule has 0 atom stereocenters. The number of hydrogen-bond acceptors (Lipinski definition) is 3. The van der Waals surface area contributed by atoms with Crippen molar-refractivity contribution in [2.24, 2.45) is 0 Å². The van der Waals surface area contributed by atoms with Crippen molar-refractivity contribution in [2.75, 3.05) is 11.5 Å². The van der Waals surface area contributed by atoms with Crippen molar-refractivity contribution in [3.05, 3.63) is 29.8 Å². The van der Waals surface area contributed by atoms with Crippen LogP contribution in [0.1, 0.15) is 26.3 Å². The molecule has 0 spiro atoms. The molecule has 0 saturated heterocycles. The molecule has 1 nitrogen and oxygen atoms in total. The number of benzene rings is 1. The van der Waals surface area contributed by atoms with E-state index in [1.54, 1.807) is 0 Å². The van der Waals surface area contributed by atoms with E-state index in [1.807, 2.05) is 24.3 Å². The number of halogens is 3. The van der Waals surface area contributed by atoms with Gasteiger partial charge in [0, 0.05) is 28.5 Å². The van der Waals surface area contributed by atoms with Crippen molar-refractivity contribution in [3.8, 4) is 0 Å². The molecule has 1 aromatic rings. The lowest BCUT2D eigenvalue weighted by Crippen LogP contribution is -2.35. The standard InChI is InChI=1S/C14H20F3NS2/c1-13(2,3)18-10-11-4-6-12(7-5-11)19-8-9-20-14(15,16)17/h4-7,18H,8-10H2,1-3H3. The first-order chi connectivity index (χ1) is 9.16. The van der Waals surface area contributed by atoms with Crippen LogP contribution in [0.2, 0.25) is 0 Å². The molecule has 0 aliphatic heterocycles. The largest absolute Gasteiger partial charge is 0.441 e. The van der Waals surface area contributed by atoms with Gasteiger partial charge in [0.25, 0.3) is 0 Å². The Bertz CT molecular complexity index is 396. The summed E-state index contributed by atoms with van der Waals surface area (Å²) in [5.74, 6) is 0.547. The summed E-state index contributed by atoms with van der Waals surface area (Å²) in [5.41, 5.74) is -2.88. The highest BCUT2D eigenvalue weighted by molar-refractivity contribution is 8.03. The van der Waals surface area contributed by atoms with Crippen molar-refractivity contribution in [1.82, 2.24) is 5.32 Å². The van der Waals surface area contributed by atoms with Gasteiger partial charge in [-0.2, -0.15) is 13.2 Å². The summed E-state index contributed by atoms with van der Waals surface area (Å²) in [6, 6.07) is 7.95.